The molecule has 0 atom stereocenters. The highest BCUT2D eigenvalue weighted by Crippen LogP contribution is 2.34. The number of furan rings is 1. The van der Waals surface area contributed by atoms with Gasteiger partial charge in [-0.15, -0.1) is 0 Å². The summed E-state index contributed by atoms with van der Waals surface area (Å²) in [4.78, 5) is 16.8. The third-order valence-corrected chi connectivity index (χ3v) is 4.50. The molecule has 1 aliphatic heterocycles. The van der Waals surface area contributed by atoms with Crippen molar-refractivity contribution in [2.24, 2.45) is 0 Å². The Bertz CT molecular complexity index is 1210. The second kappa shape index (κ2) is 7.20. The number of amides is 1. The molecule has 0 radical (unpaired) electrons. The van der Waals surface area contributed by atoms with Gasteiger partial charge in [-0.25, -0.2) is 4.98 Å². The first-order valence-electron chi connectivity index (χ1n) is 9.16. The number of carbonyl (C=O) groups excluding carboxylic acids is 1. The third-order valence-electron chi connectivity index (χ3n) is 4.50. The van der Waals surface area contributed by atoms with Gasteiger partial charge in [0.1, 0.15) is 24.6 Å². The van der Waals surface area contributed by atoms with Crippen LogP contribution >= 0.6 is 0 Å². The second-order valence-electron chi connectivity index (χ2n) is 6.51. The summed E-state index contributed by atoms with van der Waals surface area (Å²) in [7, 11) is 0. The largest absolute Gasteiger partial charge is 0.486 e. The average Bonchev–Trinajstić information content (AvgIpc) is 3.41. The lowest BCUT2D eigenvalue weighted by molar-refractivity contribution is -0.111. The van der Waals surface area contributed by atoms with E-state index >= 15 is 0 Å². The number of pyridine rings is 1. The van der Waals surface area contributed by atoms with Gasteiger partial charge >= 0.3 is 0 Å². The first kappa shape index (κ1) is 17.1. The molecule has 0 spiro atoms. The molecule has 0 bridgehead atoms. The molecule has 29 heavy (non-hydrogen) atoms. The summed E-state index contributed by atoms with van der Waals surface area (Å²) >= 11 is 0. The van der Waals surface area contributed by atoms with Gasteiger partial charge in [-0.1, -0.05) is 0 Å². The Morgan fingerprint density at radius 3 is 2.83 bits per heavy atom. The number of aromatic nitrogens is 2. The van der Waals surface area contributed by atoms with Gasteiger partial charge in [0.05, 0.1) is 17.6 Å². The van der Waals surface area contributed by atoms with E-state index in [9.17, 15) is 4.79 Å². The predicted molar refractivity (Wildman–Crippen MR) is 108 cm³/mol. The minimum absolute atomic E-state index is 0.243. The third kappa shape index (κ3) is 3.58. The van der Waals surface area contributed by atoms with Crippen LogP contribution in [0, 0.1) is 0 Å². The van der Waals surface area contributed by atoms with Gasteiger partial charge in [0.2, 0.25) is 5.91 Å². The summed E-state index contributed by atoms with van der Waals surface area (Å²) in [6.45, 7) is 1.10. The molecule has 1 aliphatic rings. The lowest BCUT2D eigenvalue weighted by atomic mass is 10.1. The van der Waals surface area contributed by atoms with Gasteiger partial charge in [-0.2, -0.15) is 0 Å². The molecule has 144 valence electrons. The van der Waals surface area contributed by atoms with Crippen molar-refractivity contribution >= 4 is 23.3 Å². The average molecular weight is 387 g/mol. The van der Waals surface area contributed by atoms with Crippen LogP contribution in [0.4, 0.5) is 5.69 Å². The number of ether oxygens (including phenoxy) is 2. The van der Waals surface area contributed by atoms with E-state index in [0.717, 1.165) is 28.4 Å². The van der Waals surface area contributed by atoms with Crippen LogP contribution in [-0.4, -0.2) is 28.5 Å². The van der Waals surface area contributed by atoms with Gasteiger partial charge < -0.3 is 23.6 Å². The van der Waals surface area contributed by atoms with Crippen molar-refractivity contribution in [3.05, 3.63) is 73.0 Å². The van der Waals surface area contributed by atoms with E-state index < -0.39 is 0 Å². The van der Waals surface area contributed by atoms with Crippen molar-refractivity contribution in [2.75, 3.05) is 18.5 Å². The maximum absolute atomic E-state index is 12.1. The highest BCUT2D eigenvalue weighted by Gasteiger charge is 2.14. The fourth-order valence-electron chi connectivity index (χ4n) is 3.14. The smallest absolute Gasteiger partial charge is 0.248 e. The number of benzene rings is 1. The molecule has 4 aromatic rings. The van der Waals surface area contributed by atoms with Crippen LogP contribution in [0.25, 0.3) is 23.0 Å². The summed E-state index contributed by atoms with van der Waals surface area (Å²) in [6, 6.07) is 13.0. The molecule has 0 saturated carbocycles. The van der Waals surface area contributed by atoms with E-state index in [1.54, 1.807) is 24.5 Å². The molecular weight excluding hydrogens is 370 g/mol. The fourth-order valence-corrected chi connectivity index (χ4v) is 3.14. The molecule has 0 saturated heterocycles. The Labute approximate surface area is 166 Å². The van der Waals surface area contributed by atoms with E-state index in [1.807, 2.05) is 47.1 Å². The van der Waals surface area contributed by atoms with Gasteiger partial charge in [0.15, 0.2) is 11.5 Å². The van der Waals surface area contributed by atoms with Crippen LogP contribution in [0.2, 0.25) is 0 Å². The Kier molecular flexibility index (Phi) is 4.25. The molecule has 5 rings (SSSR count). The summed E-state index contributed by atoms with van der Waals surface area (Å²) < 4.78 is 18.3. The lowest BCUT2D eigenvalue weighted by Gasteiger charge is -2.18. The normalized spacial score (nSPS) is 13.1. The van der Waals surface area contributed by atoms with Gasteiger partial charge in [-0.05, 0) is 48.5 Å². The van der Waals surface area contributed by atoms with E-state index in [4.69, 9.17) is 13.9 Å². The number of fused-ring (bicyclic) bond motifs is 2. The van der Waals surface area contributed by atoms with Crippen molar-refractivity contribution in [3.63, 3.8) is 0 Å². The van der Waals surface area contributed by atoms with E-state index in [0.29, 0.717) is 24.7 Å². The zero-order valence-electron chi connectivity index (χ0n) is 15.4. The minimum atomic E-state index is -0.243. The first-order valence-corrected chi connectivity index (χ1v) is 9.16. The molecular formula is C22H17N3O4. The van der Waals surface area contributed by atoms with Crippen molar-refractivity contribution in [1.29, 1.82) is 0 Å². The molecule has 1 amide bonds. The van der Waals surface area contributed by atoms with Crippen LogP contribution in [0.5, 0.6) is 11.5 Å². The summed E-state index contributed by atoms with van der Waals surface area (Å²) in [5, 5.41) is 2.83. The van der Waals surface area contributed by atoms with Gasteiger partial charge in [0, 0.05) is 24.0 Å². The number of nitrogens with zero attached hydrogens (tertiary/aromatic N) is 2. The van der Waals surface area contributed by atoms with Crippen LogP contribution in [0.1, 0.15) is 5.76 Å². The number of rotatable bonds is 4. The molecule has 1 aromatic carbocycles. The lowest BCUT2D eigenvalue weighted by Crippen LogP contribution is -2.15. The van der Waals surface area contributed by atoms with Crippen molar-refractivity contribution in [3.8, 4) is 22.8 Å². The van der Waals surface area contributed by atoms with Crippen LogP contribution in [0.15, 0.2) is 71.6 Å². The van der Waals surface area contributed by atoms with Crippen LogP contribution in [-0.2, 0) is 4.79 Å². The molecule has 1 N–H and O–H groups in total. The minimum Gasteiger partial charge on any atom is -0.486 e. The SMILES string of the molecule is O=C(/C=C/c1ccco1)Nc1ccc2nc(-c3ccc4c(c3)OCCO4)cn2c1. The second-order valence-corrected chi connectivity index (χ2v) is 6.51. The van der Waals surface area contributed by atoms with Crippen LogP contribution in [0.3, 0.4) is 0 Å². The first-order chi connectivity index (χ1) is 14.2. The maximum atomic E-state index is 12.1. The molecule has 7 nitrogen and oxygen atoms in total. The van der Waals surface area contributed by atoms with E-state index in [-0.39, 0.29) is 5.91 Å². The van der Waals surface area contributed by atoms with E-state index in [1.165, 1.54) is 6.08 Å². The summed E-state index contributed by atoms with van der Waals surface area (Å²) in [6.07, 6.45) is 8.34. The number of hydrogen-bond donors (Lipinski definition) is 1. The zero-order chi connectivity index (χ0) is 19.6. The fraction of sp³-hybridized carbons (Fsp3) is 0.0909. The van der Waals surface area contributed by atoms with Crippen molar-refractivity contribution < 1.29 is 18.7 Å². The van der Waals surface area contributed by atoms with Gasteiger partial charge in [-0.3, -0.25) is 4.79 Å². The Morgan fingerprint density at radius 2 is 1.97 bits per heavy atom. The summed E-state index contributed by atoms with van der Waals surface area (Å²) in [5.41, 5.74) is 3.19. The monoisotopic (exact) mass is 387 g/mol. The van der Waals surface area contributed by atoms with Crippen LogP contribution < -0.4 is 14.8 Å². The van der Waals surface area contributed by atoms with Crippen molar-refractivity contribution in [1.82, 2.24) is 9.38 Å². The predicted octanol–water partition coefficient (Wildman–Crippen LogP) is 4.02. The van der Waals surface area contributed by atoms with E-state index in [2.05, 4.69) is 10.3 Å². The Hall–Kier alpha value is -4.00. The zero-order valence-corrected chi connectivity index (χ0v) is 15.4. The number of nitrogens with one attached hydrogen (secondary N) is 1. The molecule has 3 aromatic heterocycles. The number of anilines is 1. The Morgan fingerprint density at radius 1 is 1.07 bits per heavy atom. The topological polar surface area (TPSA) is 78.0 Å². The highest BCUT2D eigenvalue weighted by molar-refractivity contribution is 6.01. The Balaban J connectivity index is 1.37. The maximum Gasteiger partial charge on any atom is 0.248 e. The summed E-state index contributed by atoms with van der Waals surface area (Å²) in [5.74, 6) is 1.85. The standard InChI is InChI=1S/C22H17N3O4/c26-22(8-5-17-2-1-9-27-17)23-16-4-7-21-24-18(14-25(21)13-16)15-3-6-19-20(12-15)29-11-10-28-19/h1-9,12-14H,10-11H2,(H,23,26)/b8-5+. The number of imidazole rings is 1. The molecule has 0 aliphatic carbocycles. The number of hydrogen-bond acceptors (Lipinski definition) is 5. The van der Waals surface area contributed by atoms with Crippen molar-refractivity contribution in [2.45, 2.75) is 0 Å². The highest BCUT2D eigenvalue weighted by atomic mass is 16.6. The molecule has 0 fully saturated rings. The molecule has 7 heteroatoms. The molecule has 0 unspecified atom stereocenters. The van der Waals surface area contributed by atoms with Gasteiger partial charge in [0.25, 0.3) is 0 Å². The molecule has 4 heterocycles. The number of carbonyl (C=O) groups is 1. The quantitative estimate of drug-likeness (QED) is 0.535.